The minimum Gasteiger partial charge on any atom is -0.478 e. The van der Waals surface area contributed by atoms with Crippen molar-refractivity contribution in [1.29, 1.82) is 0 Å². The predicted octanol–water partition coefficient (Wildman–Crippen LogP) is 3.84. The van der Waals surface area contributed by atoms with Crippen LogP contribution in [0.5, 0.6) is 0 Å². The molecule has 0 unspecified atom stereocenters. The van der Waals surface area contributed by atoms with Gasteiger partial charge in [-0.3, -0.25) is 0 Å². The van der Waals surface area contributed by atoms with Crippen LogP contribution in [0.25, 0.3) is 6.08 Å². The quantitative estimate of drug-likeness (QED) is 0.850. The molecule has 0 aliphatic heterocycles. The second kappa shape index (κ2) is 6.74. The summed E-state index contributed by atoms with van der Waals surface area (Å²) < 4.78 is 0. The van der Waals surface area contributed by atoms with E-state index in [0.29, 0.717) is 11.6 Å². The Hall–Kier alpha value is -1.85. The monoisotopic (exact) mass is 322 g/mol. The summed E-state index contributed by atoms with van der Waals surface area (Å²) in [7, 11) is 1.94. The van der Waals surface area contributed by atoms with Gasteiger partial charge in [-0.25, -0.2) is 9.78 Å². The van der Waals surface area contributed by atoms with Gasteiger partial charge in [0.25, 0.3) is 0 Å². The maximum Gasteiger partial charge on any atom is 0.328 e. The number of aliphatic carboxylic acids is 1. The van der Waals surface area contributed by atoms with Gasteiger partial charge in [-0.2, -0.15) is 0 Å². The molecule has 0 spiro atoms. The van der Waals surface area contributed by atoms with Gasteiger partial charge in [-0.15, -0.1) is 11.3 Å². The summed E-state index contributed by atoms with van der Waals surface area (Å²) in [5, 5.41) is 12.4. The molecule has 0 saturated carbocycles. The number of benzene rings is 1. The molecule has 0 aliphatic carbocycles. The maximum absolute atomic E-state index is 10.7. The first kappa shape index (κ1) is 15.5. The van der Waals surface area contributed by atoms with Crippen LogP contribution in [-0.4, -0.2) is 23.1 Å². The van der Waals surface area contributed by atoms with Crippen molar-refractivity contribution in [2.75, 3.05) is 11.9 Å². The van der Waals surface area contributed by atoms with E-state index in [9.17, 15) is 4.79 Å². The number of rotatable bonds is 5. The van der Waals surface area contributed by atoms with Gasteiger partial charge in [0.2, 0.25) is 0 Å². The third-order valence-corrected chi connectivity index (χ3v) is 3.93. The Morgan fingerprint density at radius 2 is 2.29 bits per heavy atom. The third-order valence-electron chi connectivity index (χ3n) is 2.87. The molecule has 1 aromatic heterocycles. The van der Waals surface area contributed by atoms with Crippen molar-refractivity contribution in [2.24, 2.45) is 0 Å². The Morgan fingerprint density at radius 1 is 1.52 bits per heavy atom. The standard InChI is InChI=1S/C15H15ClN2O2S/c1-10-17-13(9-21-10)8-18(2)14-5-4-12(16)7-11(14)3-6-15(19)20/h3-7,9H,8H2,1-2H3,(H,19,20)/b6-3+. The van der Waals surface area contributed by atoms with Crippen LogP contribution in [0.2, 0.25) is 5.02 Å². The fourth-order valence-electron chi connectivity index (χ4n) is 1.98. The lowest BCUT2D eigenvalue weighted by molar-refractivity contribution is -0.131. The molecule has 0 atom stereocenters. The molecule has 0 aliphatic rings. The van der Waals surface area contributed by atoms with Crippen LogP contribution in [0.3, 0.4) is 0 Å². The van der Waals surface area contributed by atoms with Crippen LogP contribution >= 0.6 is 22.9 Å². The average molecular weight is 323 g/mol. The van der Waals surface area contributed by atoms with Crippen LogP contribution in [-0.2, 0) is 11.3 Å². The second-order valence-electron chi connectivity index (χ2n) is 4.59. The van der Waals surface area contributed by atoms with Gasteiger partial charge >= 0.3 is 5.97 Å². The predicted molar refractivity (Wildman–Crippen MR) is 87.1 cm³/mol. The van der Waals surface area contributed by atoms with Gasteiger partial charge in [0.05, 0.1) is 17.2 Å². The Kier molecular flexibility index (Phi) is 4.98. The van der Waals surface area contributed by atoms with Crippen molar-refractivity contribution in [1.82, 2.24) is 4.98 Å². The number of aryl methyl sites for hydroxylation is 1. The molecule has 1 aromatic carbocycles. The Morgan fingerprint density at radius 3 is 2.90 bits per heavy atom. The molecule has 21 heavy (non-hydrogen) atoms. The number of carboxylic acid groups (broad SMARTS) is 1. The molecule has 1 N–H and O–H groups in total. The molecule has 0 radical (unpaired) electrons. The average Bonchev–Trinajstić information content (AvgIpc) is 2.81. The van der Waals surface area contributed by atoms with Crippen molar-refractivity contribution < 1.29 is 9.90 Å². The Bertz CT molecular complexity index is 682. The van der Waals surface area contributed by atoms with E-state index in [4.69, 9.17) is 16.7 Å². The summed E-state index contributed by atoms with van der Waals surface area (Å²) in [6, 6.07) is 5.42. The van der Waals surface area contributed by atoms with E-state index in [2.05, 4.69) is 4.98 Å². The topological polar surface area (TPSA) is 53.4 Å². The fraction of sp³-hybridized carbons (Fsp3) is 0.200. The zero-order valence-electron chi connectivity index (χ0n) is 11.7. The maximum atomic E-state index is 10.7. The molecule has 0 amide bonds. The van der Waals surface area contributed by atoms with Crippen molar-refractivity contribution in [3.05, 3.63) is 50.9 Å². The number of aromatic nitrogens is 1. The lowest BCUT2D eigenvalue weighted by atomic mass is 10.1. The summed E-state index contributed by atoms with van der Waals surface area (Å²) in [5.41, 5.74) is 2.66. The molecule has 2 aromatic rings. The van der Waals surface area contributed by atoms with Crippen LogP contribution < -0.4 is 4.90 Å². The minimum atomic E-state index is -0.987. The molecule has 1 heterocycles. The van der Waals surface area contributed by atoms with Gasteiger partial charge in [-0.05, 0) is 36.8 Å². The minimum absolute atomic E-state index is 0.571. The van der Waals surface area contributed by atoms with E-state index in [1.165, 1.54) is 0 Å². The van der Waals surface area contributed by atoms with Crippen LogP contribution in [0.1, 0.15) is 16.3 Å². The molecule has 0 fully saturated rings. The van der Waals surface area contributed by atoms with E-state index in [1.807, 2.05) is 30.3 Å². The number of anilines is 1. The van der Waals surface area contributed by atoms with E-state index < -0.39 is 5.97 Å². The van der Waals surface area contributed by atoms with Gasteiger partial charge in [0.15, 0.2) is 0 Å². The molecule has 0 bridgehead atoms. The number of carbonyl (C=O) groups is 1. The third kappa shape index (κ3) is 4.31. The first-order valence-electron chi connectivity index (χ1n) is 6.28. The normalized spacial score (nSPS) is 11.0. The van der Waals surface area contributed by atoms with Gasteiger partial charge in [-0.1, -0.05) is 11.6 Å². The molecular weight excluding hydrogens is 308 g/mol. The first-order chi connectivity index (χ1) is 9.95. The van der Waals surface area contributed by atoms with Crippen molar-refractivity contribution in [3.63, 3.8) is 0 Å². The number of carboxylic acids is 1. The number of hydrogen-bond donors (Lipinski definition) is 1. The molecule has 4 nitrogen and oxygen atoms in total. The van der Waals surface area contributed by atoms with E-state index >= 15 is 0 Å². The Labute approximate surface area is 132 Å². The smallest absolute Gasteiger partial charge is 0.328 e. The highest BCUT2D eigenvalue weighted by Crippen LogP contribution is 2.26. The Balaban J connectivity index is 2.27. The van der Waals surface area contributed by atoms with E-state index in [-0.39, 0.29) is 0 Å². The highest BCUT2D eigenvalue weighted by atomic mass is 35.5. The van der Waals surface area contributed by atoms with Crippen molar-refractivity contribution in [3.8, 4) is 0 Å². The molecule has 0 saturated heterocycles. The second-order valence-corrected chi connectivity index (χ2v) is 6.09. The lowest BCUT2D eigenvalue weighted by Gasteiger charge is -2.20. The van der Waals surface area contributed by atoms with Crippen LogP contribution in [0, 0.1) is 6.92 Å². The van der Waals surface area contributed by atoms with Crippen LogP contribution in [0.4, 0.5) is 5.69 Å². The van der Waals surface area contributed by atoms with Crippen molar-refractivity contribution in [2.45, 2.75) is 13.5 Å². The summed E-state index contributed by atoms with van der Waals surface area (Å²) in [4.78, 5) is 17.1. The summed E-state index contributed by atoms with van der Waals surface area (Å²) in [6.45, 7) is 2.62. The van der Waals surface area contributed by atoms with Gasteiger partial charge < -0.3 is 10.0 Å². The van der Waals surface area contributed by atoms with Gasteiger partial charge in [0.1, 0.15) is 0 Å². The largest absolute Gasteiger partial charge is 0.478 e. The number of halogens is 1. The fourth-order valence-corrected chi connectivity index (χ4v) is 2.76. The zero-order chi connectivity index (χ0) is 15.4. The molecule has 110 valence electrons. The summed E-state index contributed by atoms with van der Waals surface area (Å²) >= 11 is 7.60. The molecule has 2 rings (SSSR count). The van der Waals surface area contributed by atoms with Gasteiger partial charge in [0, 0.05) is 29.2 Å². The van der Waals surface area contributed by atoms with E-state index in [0.717, 1.165) is 28.0 Å². The molecule has 6 heteroatoms. The summed E-state index contributed by atoms with van der Waals surface area (Å²) in [5.74, 6) is -0.987. The highest BCUT2D eigenvalue weighted by molar-refractivity contribution is 7.09. The number of nitrogens with zero attached hydrogens (tertiary/aromatic N) is 2. The molecular formula is C15H15ClN2O2S. The summed E-state index contributed by atoms with van der Waals surface area (Å²) in [6.07, 6.45) is 2.66. The number of thiazole rings is 1. The zero-order valence-corrected chi connectivity index (χ0v) is 13.3. The lowest BCUT2D eigenvalue weighted by Crippen LogP contribution is -2.17. The van der Waals surface area contributed by atoms with E-state index in [1.54, 1.807) is 29.5 Å². The number of hydrogen-bond acceptors (Lipinski definition) is 4. The van der Waals surface area contributed by atoms with Crippen LogP contribution in [0.15, 0.2) is 29.7 Å². The van der Waals surface area contributed by atoms with Crippen molar-refractivity contribution >= 4 is 40.7 Å². The first-order valence-corrected chi connectivity index (χ1v) is 7.54. The SMILES string of the molecule is Cc1nc(CN(C)c2ccc(Cl)cc2/C=C/C(=O)O)cs1. The highest BCUT2D eigenvalue weighted by Gasteiger charge is 2.09.